The summed E-state index contributed by atoms with van der Waals surface area (Å²) in [4.78, 5) is 20.7. The average Bonchev–Trinajstić information content (AvgIpc) is 2.12. The van der Waals surface area contributed by atoms with E-state index < -0.39 is 23.3 Å². The summed E-state index contributed by atoms with van der Waals surface area (Å²) in [5.41, 5.74) is -5.29. The van der Waals surface area contributed by atoms with Gasteiger partial charge in [0.25, 0.3) is 5.60 Å². The van der Waals surface area contributed by atoms with Crippen molar-refractivity contribution < 1.29 is 32.6 Å². The lowest BCUT2D eigenvalue weighted by atomic mass is 9.95. The third kappa shape index (κ3) is 1.77. The molecule has 0 aliphatic heterocycles. The second-order valence-corrected chi connectivity index (χ2v) is 2.34. The molecular formula is C7H7F3O4. The van der Waals surface area contributed by atoms with E-state index in [1.807, 2.05) is 0 Å². The number of aldehydes is 1. The van der Waals surface area contributed by atoms with Crippen LogP contribution in [0.4, 0.5) is 13.2 Å². The highest BCUT2D eigenvalue weighted by Gasteiger charge is 2.62. The van der Waals surface area contributed by atoms with E-state index in [-0.39, 0.29) is 6.29 Å². The number of methoxy groups -OCH3 is 1. The van der Waals surface area contributed by atoms with Crippen LogP contribution in [0.25, 0.3) is 0 Å². The fourth-order valence-electron chi connectivity index (χ4n) is 0.662. The maximum Gasteiger partial charge on any atom is 0.432 e. The summed E-state index contributed by atoms with van der Waals surface area (Å²) in [6.45, 7) is 2.64. The molecule has 0 aromatic heterocycles. The number of halogens is 3. The van der Waals surface area contributed by atoms with Crippen molar-refractivity contribution in [3.63, 3.8) is 0 Å². The molecule has 0 rings (SSSR count). The topological polar surface area (TPSA) is 63.6 Å². The first-order chi connectivity index (χ1) is 6.21. The van der Waals surface area contributed by atoms with Gasteiger partial charge >= 0.3 is 12.1 Å². The van der Waals surface area contributed by atoms with E-state index in [1.165, 1.54) is 0 Å². The molecule has 0 radical (unpaired) electrons. The van der Waals surface area contributed by atoms with Crippen molar-refractivity contribution in [3.8, 4) is 0 Å². The van der Waals surface area contributed by atoms with Crippen molar-refractivity contribution in [2.45, 2.75) is 11.8 Å². The minimum atomic E-state index is -5.35. The first-order valence-electron chi connectivity index (χ1n) is 3.23. The number of ether oxygens (including phenoxy) is 1. The van der Waals surface area contributed by atoms with Crippen molar-refractivity contribution >= 4 is 12.3 Å². The lowest BCUT2D eigenvalue weighted by molar-refractivity contribution is -0.247. The number of esters is 1. The van der Waals surface area contributed by atoms with Crippen LogP contribution in [0.15, 0.2) is 12.2 Å². The van der Waals surface area contributed by atoms with E-state index in [4.69, 9.17) is 5.11 Å². The summed E-state index contributed by atoms with van der Waals surface area (Å²) in [5, 5.41) is 8.95. The molecule has 1 atom stereocenters. The summed E-state index contributed by atoms with van der Waals surface area (Å²) >= 11 is 0. The fourth-order valence-corrected chi connectivity index (χ4v) is 0.662. The monoisotopic (exact) mass is 212 g/mol. The Balaban J connectivity index is 5.38. The van der Waals surface area contributed by atoms with Gasteiger partial charge in [0.2, 0.25) is 0 Å². The van der Waals surface area contributed by atoms with Gasteiger partial charge in [-0.15, -0.1) is 0 Å². The minimum absolute atomic E-state index is 0.357. The Hall–Kier alpha value is -1.37. The van der Waals surface area contributed by atoms with Crippen LogP contribution in [-0.4, -0.2) is 36.2 Å². The Kier molecular flexibility index (Phi) is 3.42. The quantitative estimate of drug-likeness (QED) is 0.412. The van der Waals surface area contributed by atoms with Crippen LogP contribution in [0, 0.1) is 0 Å². The molecule has 0 amide bonds. The van der Waals surface area contributed by atoms with Gasteiger partial charge in [0.15, 0.2) is 0 Å². The summed E-state index contributed by atoms with van der Waals surface area (Å²) in [6.07, 6.45) is -5.71. The predicted octanol–water partition coefficient (Wildman–Crippen LogP) is 0.208. The van der Waals surface area contributed by atoms with Gasteiger partial charge < -0.3 is 9.84 Å². The van der Waals surface area contributed by atoms with E-state index >= 15 is 0 Å². The number of carbonyl (C=O) groups is 2. The van der Waals surface area contributed by atoms with Crippen LogP contribution in [0.1, 0.15) is 0 Å². The van der Waals surface area contributed by atoms with Crippen LogP contribution in [-0.2, 0) is 14.3 Å². The summed E-state index contributed by atoms with van der Waals surface area (Å²) in [6, 6.07) is 0. The standard InChI is InChI=1S/C7H7F3O4/c1-4(3-11)6(13,5(12)14-2)7(8,9)10/h3,13H,1H2,2H3. The van der Waals surface area contributed by atoms with Crippen molar-refractivity contribution in [1.29, 1.82) is 0 Å². The Labute approximate surface area is 77.0 Å². The third-order valence-corrected chi connectivity index (χ3v) is 1.50. The summed E-state index contributed by atoms with van der Waals surface area (Å²) in [5.74, 6) is -2.00. The molecule has 0 saturated carbocycles. The van der Waals surface area contributed by atoms with Gasteiger partial charge in [0, 0.05) is 5.57 Å². The molecule has 80 valence electrons. The largest absolute Gasteiger partial charge is 0.466 e. The maximum absolute atomic E-state index is 12.2. The minimum Gasteiger partial charge on any atom is -0.466 e. The van der Waals surface area contributed by atoms with Crippen molar-refractivity contribution in [3.05, 3.63) is 12.2 Å². The lowest BCUT2D eigenvalue weighted by Crippen LogP contribution is -2.54. The van der Waals surface area contributed by atoms with Crippen LogP contribution in [0.5, 0.6) is 0 Å². The molecule has 1 N–H and O–H groups in total. The summed E-state index contributed by atoms with van der Waals surface area (Å²) in [7, 11) is 0.650. The molecule has 1 unspecified atom stereocenters. The molecule has 0 aliphatic carbocycles. The van der Waals surface area contributed by atoms with Crippen molar-refractivity contribution in [1.82, 2.24) is 0 Å². The van der Waals surface area contributed by atoms with Gasteiger partial charge in [0.05, 0.1) is 7.11 Å². The van der Waals surface area contributed by atoms with E-state index in [0.717, 1.165) is 0 Å². The lowest BCUT2D eigenvalue weighted by Gasteiger charge is -2.26. The van der Waals surface area contributed by atoms with Gasteiger partial charge in [-0.3, -0.25) is 4.79 Å². The van der Waals surface area contributed by atoms with Gasteiger partial charge in [-0.2, -0.15) is 13.2 Å². The molecule has 4 nitrogen and oxygen atoms in total. The predicted molar refractivity (Wildman–Crippen MR) is 38.2 cm³/mol. The number of hydrogen-bond donors (Lipinski definition) is 1. The number of hydrogen-bond acceptors (Lipinski definition) is 4. The Morgan fingerprint density at radius 2 is 1.93 bits per heavy atom. The SMILES string of the molecule is C=C(C=O)C(O)(C(=O)OC)C(F)(F)F. The second kappa shape index (κ2) is 3.79. The van der Waals surface area contributed by atoms with Gasteiger partial charge in [0.1, 0.15) is 6.29 Å². The van der Waals surface area contributed by atoms with E-state index in [1.54, 1.807) is 0 Å². The Bertz CT molecular complexity index is 271. The molecule has 0 spiro atoms. The zero-order chi connectivity index (χ0) is 11.6. The highest BCUT2D eigenvalue weighted by atomic mass is 19.4. The van der Waals surface area contributed by atoms with E-state index in [0.29, 0.717) is 7.11 Å². The van der Waals surface area contributed by atoms with Crippen LogP contribution in [0.2, 0.25) is 0 Å². The number of alkyl halides is 3. The molecule has 14 heavy (non-hydrogen) atoms. The molecule has 0 aromatic rings. The van der Waals surface area contributed by atoms with E-state index in [9.17, 15) is 22.8 Å². The summed E-state index contributed by atoms with van der Waals surface area (Å²) < 4.78 is 40.4. The molecule has 0 heterocycles. The highest BCUT2D eigenvalue weighted by Crippen LogP contribution is 2.35. The first kappa shape index (κ1) is 12.6. The van der Waals surface area contributed by atoms with Crippen LogP contribution >= 0.6 is 0 Å². The molecule has 0 saturated heterocycles. The third-order valence-electron chi connectivity index (χ3n) is 1.50. The molecule has 7 heteroatoms. The molecule has 0 fully saturated rings. The normalized spacial score (nSPS) is 15.5. The highest BCUT2D eigenvalue weighted by molar-refractivity contribution is 5.93. The van der Waals surface area contributed by atoms with Crippen molar-refractivity contribution in [2.24, 2.45) is 0 Å². The van der Waals surface area contributed by atoms with Crippen LogP contribution in [0.3, 0.4) is 0 Å². The fraction of sp³-hybridized carbons (Fsp3) is 0.429. The molecule has 0 aliphatic rings. The van der Waals surface area contributed by atoms with Crippen LogP contribution < -0.4 is 0 Å². The zero-order valence-electron chi connectivity index (χ0n) is 7.09. The maximum atomic E-state index is 12.2. The molecular weight excluding hydrogens is 205 g/mol. The van der Waals surface area contributed by atoms with Gasteiger partial charge in [-0.1, -0.05) is 6.58 Å². The number of aliphatic hydroxyl groups is 1. The van der Waals surface area contributed by atoms with Crippen molar-refractivity contribution in [2.75, 3.05) is 7.11 Å². The number of rotatable bonds is 3. The Morgan fingerprint density at radius 3 is 2.14 bits per heavy atom. The second-order valence-electron chi connectivity index (χ2n) is 2.34. The molecule has 0 aromatic carbocycles. The smallest absolute Gasteiger partial charge is 0.432 e. The van der Waals surface area contributed by atoms with Gasteiger partial charge in [-0.05, 0) is 0 Å². The average molecular weight is 212 g/mol. The Morgan fingerprint density at radius 1 is 1.50 bits per heavy atom. The molecule has 0 bridgehead atoms. The zero-order valence-corrected chi connectivity index (χ0v) is 7.09. The van der Waals surface area contributed by atoms with E-state index in [2.05, 4.69) is 11.3 Å². The number of carbonyl (C=O) groups excluding carboxylic acids is 2. The first-order valence-corrected chi connectivity index (χ1v) is 3.23. The van der Waals surface area contributed by atoms with Gasteiger partial charge in [-0.25, -0.2) is 4.79 Å².